The smallest absolute Gasteiger partial charge is 0.124 e. The summed E-state index contributed by atoms with van der Waals surface area (Å²) in [5.74, 6) is 0. The van der Waals surface area contributed by atoms with E-state index in [1.54, 1.807) is 17.4 Å². The lowest BCUT2D eigenvalue weighted by molar-refractivity contribution is 1.48. The van der Waals surface area contributed by atoms with Gasteiger partial charge in [0.15, 0.2) is 0 Å². The van der Waals surface area contributed by atoms with Gasteiger partial charge in [-0.3, -0.25) is 0 Å². The first kappa shape index (κ1) is 11.3. The Morgan fingerprint density at radius 3 is 2.44 bits per heavy atom. The summed E-state index contributed by atoms with van der Waals surface area (Å²) >= 11 is 7.68. The van der Waals surface area contributed by atoms with Crippen molar-refractivity contribution in [2.24, 2.45) is 0 Å². The van der Waals surface area contributed by atoms with E-state index in [1.165, 1.54) is 0 Å². The van der Waals surface area contributed by atoms with Crippen LogP contribution in [0.25, 0.3) is 20.8 Å². The van der Waals surface area contributed by atoms with Gasteiger partial charge >= 0.3 is 0 Å². The molecule has 3 nitrogen and oxygen atoms in total. The Bertz CT molecular complexity index is 716. The highest BCUT2D eigenvalue weighted by atomic mass is 35.5. The highest BCUT2D eigenvalue weighted by molar-refractivity contribution is 7.22. The predicted octanol–water partition coefficient (Wildman–Crippen LogP) is 3.78. The number of aromatic nitrogens is 1. The highest BCUT2D eigenvalue weighted by Crippen LogP contribution is 2.35. The van der Waals surface area contributed by atoms with E-state index in [0.717, 1.165) is 20.8 Å². The van der Waals surface area contributed by atoms with Gasteiger partial charge in [-0.15, -0.1) is 11.3 Å². The van der Waals surface area contributed by atoms with Crippen molar-refractivity contribution in [1.29, 1.82) is 0 Å². The lowest BCUT2D eigenvalue weighted by atomic mass is 10.2. The molecule has 0 spiro atoms. The van der Waals surface area contributed by atoms with E-state index in [-0.39, 0.29) is 0 Å². The fourth-order valence-electron chi connectivity index (χ4n) is 1.84. The number of fused-ring (bicyclic) bond motifs is 1. The zero-order valence-corrected chi connectivity index (χ0v) is 10.9. The minimum Gasteiger partial charge on any atom is -0.399 e. The minimum absolute atomic E-state index is 0.635. The Labute approximate surface area is 113 Å². The topological polar surface area (TPSA) is 64.9 Å². The third-order valence-corrected chi connectivity index (χ3v) is 4.17. The van der Waals surface area contributed by atoms with Gasteiger partial charge in [-0.25, -0.2) is 4.98 Å². The Morgan fingerprint density at radius 1 is 1.06 bits per heavy atom. The molecule has 0 unspecified atom stereocenters. The molecule has 1 aromatic heterocycles. The van der Waals surface area contributed by atoms with Gasteiger partial charge in [-0.05, 0) is 30.3 Å². The second kappa shape index (κ2) is 4.15. The van der Waals surface area contributed by atoms with Crippen LogP contribution >= 0.6 is 22.9 Å². The Morgan fingerprint density at radius 2 is 1.78 bits per heavy atom. The maximum Gasteiger partial charge on any atom is 0.124 e. The van der Waals surface area contributed by atoms with Crippen molar-refractivity contribution in [1.82, 2.24) is 4.98 Å². The van der Waals surface area contributed by atoms with Crippen molar-refractivity contribution in [3.8, 4) is 10.6 Å². The van der Waals surface area contributed by atoms with Crippen LogP contribution < -0.4 is 11.5 Å². The third kappa shape index (κ3) is 1.89. The number of nitrogens with zero attached hydrogens (tertiary/aromatic N) is 1. The molecule has 0 aliphatic rings. The zero-order valence-electron chi connectivity index (χ0n) is 9.35. The fourth-order valence-corrected chi connectivity index (χ4v) is 3.08. The Hall–Kier alpha value is -1.78. The number of hydrogen-bond acceptors (Lipinski definition) is 4. The largest absolute Gasteiger partial charge is 0.399 e. The van der Waals surface area contributed by atoms with Crippen molar-refractivity contribution in [2.75, 3.05) is 11.5 Å². The van der Waals surface area contributed by atoms with E-state index < -0.39 is 0 Å². The van der Waals surface area contributed by atoms with E-state index in [1.807, 2.05) is 30.3 Å². The molecule has 0 aliphatic carbocycles. The van der Waals surface area contributed by atoms with Crippen LogP contribution in [0.3, 0.4) is 0 Å². The quantitative estimate of drug-likeness (QED) is 0.664. The number of halogens is 1. The molecule has 90 valence electrons. The van der Waals surface area contributed by atoms with Crippen LogP contribution in [0.1, 0.15) is 0 Å². The predicted molar refractivity (Wildman–Crippen MR) is 78.9 cm³/mol. The molecule has 0 saturated carbocycles. The summed E-state index contributed by atoms with van der Waals surface area (Å²) in [7, 11) is 0. The number of nitrogen functional groups attached to an aromatic ring is 2. The summed E-state index contributed by atoms with van der Waals surface area (Å²) in [4.78, 5) is 4.55. The molecule has 3 rings (SSSR count). The average molecular weight is 276 g/mol. The minimum atomic E-state index is 0.635. The summed E-state index contributed by atoms with van der Waals surface area (Å²) in [6.07, 6.45) is 0. The van der Waals surface area contributed by atoms with Gasteiger partial charge in [0.2, 0.25) is 0 Å². The summed E-state index contributed by atoms with van der Waals surface area (Å²) in [6, 6.07) is 11.1. The van der Waals surface area contributed by atoms with E-state index in [0.29, 0.717) is 16.4 Å². The van der Waals surface area contributed by atoms with Gasteiger partial charge in [-0.1, -0.05) is 17.7 Å². The molecule has 0 amide bonds. The van der Waals surface area contributed by atoms with Crippen LogP contribution in [0, 0.1) is 0 Å². The van der Waals surface area contributed by atoms with Crippen LogP contribution in [-0.4, -0.2) is 4.98 Å². The number of thiazole rings is 1. The molecule has 4 N–H and O–H groups in total. The van der Waals surface area contributed by atoms with E-state index in [4.69, 9.17) is 23.1 Å². The fraction of sp³-hybridized carbons (Fsp3) is 0. The van der Waals surface area contributed by atoms with Crippen LogP contribution in [0.2, 0.25) is 5.02 Å². The van der Waals surface area contributed by atoms with Gasteiger partial charge < -0.3 is 11.5 Å². The first-order chi connectivity index (χ1) is 8.63. The Balaban J connectivity index is 2.22. The van der Waals surface area contributed by atoms with Crippen LogP contribution in [0.5, 0.6) is 0 Å². The summed E-state index contributed by atoms with van der Waals surface area (Å²) < 4.78 is 0.982. The lowest BCUT2D eigenvalue weighted by Gasteiger charge is -2.00. The van der Waals surface area contributed by atoms with E-state index in [9.17, 15) is 0 Å². The number of benzene rings is 2. The number of anilines is 2. The lowest BCUT2D eigenvalue weighted by Crippen LogP contribution is -1.90. The van der Waals surface area contributed by atoms with Gasteiger partial charge in [0.1, 0.15) is 5.01 Å². The molecular weight excluding hydrogens is 266 g/mol. The highest BCUT2D eigenvalue weighted by Gasteiger charge is 2.09. The SMILES string of the molecule is Nc1cc(N)cc(-c2nc3cccc(Cl)c3s2)c1. The molecule has 0 aliphatic heterocycles. The molecule has 0 saturated heterocycles. The Kier molecular flexibility index (Phi) is 2.61. The van der Waals surface area contributed by atoms with Gasteiger partial charge in [0.25, 0.3) is 0 Å². The first-order valence-electron chi connectivity index (χ1n) is 5.35. The van der Waals surface area contributed by atoms with Crippen LogP contribution in [0.15, 0.2) is 36.4 Å². The van der Waals surface area contributed by atoms with Crippen molar-refractivity contribution >= 4 is 44.5 Å². The van der Waals surface area contributed by atoms with E-state index in [2.05, 4.69) is 4.98 Å². The van der Waals surface area contributed by atoms with Crippen molar-refractivity contribution in [3.63, 3.8) is 0 Å². The third-order valence-electron chi connectivity index (χ3n) is 2.59. The molecule has 0 radical (unpaired) electrons. The molecular formula is C13H10ClN3S. The molecule has 0 bridgehead atoms. The monoisotopic (exact) mass is 275 g/mol. The molecule has 18 heavy (non-hydrogen) atoms. The maximum absolute atomic E-state index is 6.14. The molecule has 0 fully saturated rings. The maximum atomic E-state index is 6.14. The number of hydrogen-bond donors (Lipinski definition) is 2. The van der Waals surface area contributed by atoms with Gasteiger partial charge in [0, 0.05) is 16.9 Å². The molecule has 5 heteroatoms. The van der Waals surface area contributed by atoms with E-state index >= 15 is 0 Å². The van der Waals surface area contributed by atoms with Gasteiger partial charge in [-0.2, -0.15) is 0 Å². The molecule has 3 aromatic rings. The van der Waals surface area contributed by atoms with Crippen molar-refractivity contribution < 1.29 is 0 Å². The second-order valence-corrected chi connectivity index (χ2v) is 5.40. The van der Waals surface area contributed by atoms with Crippen molar-refractivity contribution in [2.45, 2.75) is 0 Å². The molecule has 2 aromatic carbocycles. The summed E-state index contributed by atoms with van der Waals surface area (Å²) in [6.45, 7) is 0. The van der Waals surface area contributed by atoms with Crippen LogP contribution in [0.4, 0.5) is 11.4 Å². The van der Waals surface area contributed by atoms with Crippen molar-refractivity contribution in [3.05, 3.63) is 41.4 Å². The zero-order chi connectivity index (χ0) is 12.7. The molecule has 0 atom stereocenters. The summed E-state index contributed by atoms with van der Waals surface area (Å²) in [5.41, 5.74) is 14.7. The normalized spacial score (nSPS) is 10.9. The molecule has 1 heterocycles. The average Bonchev–Trinajstić information content (AvgIpc) is 2.73. The first-order valence-corrected chi connectivity index (χ1v) is 6.54. The second-order valence-electron chi connectivity index (χ2n) is 4.00. The number of nitrogens with two attached hydrogens (primary N) is 2. The standard InChI is InChI=1S/C13H10ClN3S/c14-10-2-1-3-11-12(10)18-13(17-11)7-4-8(15)6-9(16)5-7/h1-6H,15-16H2. The van der Waals surface area contributed by atoms with Gasteiger partial charge in [0.05, 0.1) is 15.2 Å². The van der Waals surface area contributed by atoms with Crippen LogP contribution in [-0.2, 0) is 0 Å². The summed E-state index contributed by atoms with van der Waals surface area (Å²) in [5, 5.41) is 1.59. The number of rotatable bonds is 1.